The van der Waals surface area contributed by atoms with Gasteiger partial charge in [-0.25, -0.2) is 9.59 Å². The highest BCUT2D eigenvalue weighted by Crippen LogP contribution is 2.42. The average molecular weight is 471 g/mol. The summed E-state index contributed by atoms with van der Waals surface area (Å²) in [4.78, 5) is 26.6. The molecule has 6 heteroatoms. The van der Waals surface area contributed by atoms with Crippen LogP contribution in [0.15, 0.2) is 30.3 Å². The zero-order valence-electron chi connectivity index (χ0n) is 15.1. The van der Waals surface area contributed by atoms with Crippen LogP contribution in [-0.2, 0) is 20.9 Å². The first-order valence-corrected chi connectivity index (χ1v) is 10.8. The Morgan fingerprint density at radius 3 is 2.62 bits per heavy atom. The van der Waals surface area contributed by atoms with E-state index in [1.165, 1.54) is 13.5 Å². The summed E-state index contributed by atoms with van der Waals surface area (Å²) < 4.78 is 11.6. The molecule has 1 aromatic rings. The van der Waals surface area contributed by atoms with Crippen molar-refractivity contribution in [1.82, 2.24) is 4.90 Å². The second-order valence-corrected chi connectivity index (χ2v) is 8.20. The lowest BCUT2D eigenvalue weighted by molar-refractivity contribution is -0.150. The molecule has 2 aliphatic rings. The highest BCUT2D eigenvalue weighted by Gasteiger charge is 2.44. The number of methoxy groups -OCH3 is 1. The molecule has 0 N–H and O–H groups in total. The molecule has 1 saturated heterocycles. The van der Waals surface area contributed by atoms with Crippen molar-refractivity contribution in [2.24, 2.45) is 17.8 Å². The number of carbonyl (C=O) groups is 2. The van der Waals surface area contributed by atoms with E-state index in [9.17, 15) is 9.59 Å². The van der Waals surface area contributed by atoms with Crippen LogP contribution in [0.4, 0.5) is 4.79 Å². The number of rotatable bonds is 4. The molecule has 4 atom stereocenters. The van der Waals surface area contributed by atoms with Gasteiger partial charge in [-0.15, -0.1) is 0 Å². The molecule has 0 spiro atoms. The predicted molar refractivity (Wildman–Crippen MR) is 107 cm³/mol. The molecular formula is C20H26INO4. The van der Waals surface area contributed by atoms with E-state index in [4.69, 9.17) is 9.47 Å². The van der Waals surface area contributed by atoms with Gasteiger partial charge in [-0.3, -0.25) is 4.90 Å². The van der Waals surface area contributed by atoms with E-state index in [0.29, 0.717) is 24.8 Å². The minimum Gasteiger partial charge on any atom is -0.467 e. The molecule has 1 heterocycles. The van der Waals surface area contributed by atoms with Crippen molar-refractivity contribution in [3.8, 4) is 0 Å². The van der Waals surface area contributed by atoms with Crippen molar-refractivity contribution < 1.29 is 19.1 Å². The van der Waals surface area contributed by atoms with Crippen LogP contribution in [0, 0.1) is 17.8 Å². The first kappa shape index (κ1) is 19.5. The molecule has 0 radical (unpaired) electrons. The Morgan fingerprint density at radius 2 is 1.92 bits per heavy atom. The maximum Gasteiger partial charge on any atom is 0.410 e. The second kappa shape index (κ2) is 9.06. The highest BCUT2D eigenvalue weighted by molar-refractivity contribution is 14.1. The summed E-state index contributed by atoms with van der Waals surface area (Å²) in [5.74, 6) is 1.34. The summed E-state index contributed by atoms with van der Waals surface area (Å²) in [6.45, 7) is 0.807. The fourth-order valence-corrected chi connectivity index (χ4v) is 5.05. The molecule has 1 aromatic carbocycles. The van der Waals surface area contributed by atoms with E-state index in [1.54, 1.807) is 4.90 Å². The second-order valence-electron chi connectivity index (χ2n) is 7.32. The summed E-state index contributed by atoms with van der Waals surface area (Å²) >= 11 is 2.45. The molecule has 0 bridgehead atoms. The van der Waals surface area contributed by atoms with E-state index >= 15 is 0 Å². The lowest BCUT2D eigenvalue weighted by Gasteiger charge is -2.45. The van der Waals surface area contributed by atoms with Gasteiger partial charge in [-0.2, -0.15) is 0 Å². The Balaban J connectivity index is 1.67. The van der Waals surface area contributed by atoms with Gasteiger partial charge in [0.2, 0.25) is 0 Å². The van der Waals surface area contributed by atoms with E-state index in [1.807, 2.05) is 30.3 Å². The Bertz CT molecular complexity index is 623. The lowest BCUT2D eigenvalue weighted by atomic mass is 9.69. The summed E-state index contributed by atoms with van der Waals surface area (Å²) in [7, 11) is 1.39. The van der Waals surface area contributed by atoms with E-state index in [0.717, 1.165) is 28.8 Å². The third kappa shape index (κ3) is 4.50. The number of ether oxygens (including phenoxy) is 2. The van der Waals surface area contributed by atoms with E-state index < -0.39 is 12.1 Å². The fraction of sp³-hybridized carbons (Fsp3) is 0.600. The van der Waals surface area contributed by atoms with Gasteiger partial charge in [0.15, 0.2) is 0 Å². The van der Waals surface area contributed by atoms with Crippen LogP contribution < -0.4 is 0 Å². The number of esters is 1. The standard InChI is InChI=1S/C20H26INO4/c1-25-19(23)18-10-17-9-15(11-21)7-8-16(17)12-22(18)20(24)26-13-14-5-3-2-4-6-14/h2-6,15-18H,7-13H2,1H3/t15-,16-,17+,18+/m0/s1. The Hall–Kier alpha value is -1.31. The molecule has 1 saturated carbocycles. The van der Waals surface area contributed by atoms with Gasteiger partial charge in [0.1, 0.15) is 12.6 Å². The van der Waals surface area contributed by atoms with Gasteiger partial charge in [0.25, 0.3) is 0 Å². The van der Waals surface area contributed by atoms with Crippen LogP contribution >= 0.6 is 22.6 Å². The topological polar surface area (TPSA) is 55.8 Å². The number of piperidine rings is 1. The van der Waals surface area contributed by atoms with Crippen LogP contribution in [0.25, 0.3) is 0 Å². The quantitative estimate of drug-likeness (QED) is 0.378. The molecule has 142 valence electrons. The number of amides is 1. The van der Waals surface area contributed by atoms with Crippen molar-refractivity contribution in [2.45, 2.75) is 38.3 Å². The Morgan fingerprint density at radius 1 is 1.15 bits per heavy atom. The fourth-order valence-electron chi connectivity index (χ4n) is 4.25. The molecular weight excluding hydrogens is 445 g/mol. The monoisotopic (exact) mass is 471 g/mol. The first-order chi connectivity index (χ1) is 12.6. The van der Waals surface area contributed by atoms with Gasteiger partial charge < -0.3 is 9.47 Å². The van der Waals surface area contributed by atoms with Crippen LogP contribution in [0.1, 0.15) is 31.2 Å². The van der Waals surface area contributed by atoms with Crippen LogP contribution in [-0.4, -0.2) is 41.1 Å². The maximum absolute atomic E-state index is 12.7. The molecule has 1 aliphatic heterocycles. The van der Waals surface area contributed by atoms with Crippen LogP contribution in [0.2, 0.25) is 0 Å². The number of nitrogens with zero attached hydrogens (tertiary/aromatic N) is 1. The van der Waals surface area contributed by atoms with Gasteiger partial charge in [-0.05, 0) is 49.0 Å². The summed E-state index contributed by atoms with van der Waals surface area (Å²) in [5, 5.41) is 0. The number of halogens is 1. The SMILES string of the molecule is COC(=O)[C@H]1C[C@H]2C[C@@H](CI)CC[C@H]2CN1C(=O)OCc1ccccc1. The number of benzene rings is 1. The number of likely N-dealkylation sites (tertiary alicyclic amines) is 1. The third-order valence-electron chi connectivity index (χ3n) is 5.71. The van der Waals surface area contributed by atoms with Gasteiger partial charge in [0.05, 0.1) is 7.11 Å². The van der Waals surface area contributed by atoms with Crippen molar-refractivity contribution in [3.63, 3.8) is 0 Å². The number of carbonyl (C=O) groups excluding carboxylic acids is 2. The smallest absolute Gasteiger partial charge is 0.410 e. The minimum absolute atomic E-state index is 0.217. The van der Waals surface area contributed by atoms with Crippen molar-refractivity contribution in [2.75, 3.05) is 18.1 Å². The summed E-state index contributed by atoms with van der Waals surface area (Å²) in [6, 6.07) is 9.06. The first-order valence-electron chi connectivity index (χ1n) is 9.23. The minimum atomic E-state index is -0.530. The maximum atomic E-state index is 12.7. The zero-order chi connectivity index (χ0) is 18.5. The molecule has 3 rings (SSSR count). The third-order valence-corrected chi connectivity index (χ3v) is 6.96. The van der Waals surface area contributed by atoms with Crippen molar-refractivity contribution in [3.05, 3.63) is 35.9 Å². The molecule has 1 aliphatic carbocycles. The van der Waals surface area contributed by atoms with Gasteiger partial charge in [0, 0.05) is 11.0 Å². The number of fused-ring (bicyclic) bond motifs is 1. The molecule has 5 nitrogen and oxygen atoms in total. The zero-order valence-corrected chi connectivity index (χ0v) is 17.3. The molecule has 26 heavy (non-hydrogen) atoms. The normalized spacial score (nSPS) is 28.2. The Kier molecular flexibility index (Phi) is 6.78. The lowest BCUT2D eigenvalue weighted by Crippen LogP contribution is -2.55. The van der Waals surface area contributed by atoms with E-state index in [-0.39, 0.29) is 12.6 Å². The van der Waals surface area contributed by atoms with E-state index in [2.05, 4.69) is 22.6 Å². The number of hydrogen-bond donors (Lipinski definition) is 0. The molecule has 0 unspecified atom stereocenters. The Labute approximate surface area is 168 Å². The van der Waals surface area contributed by atoms with Crippen LogP contribution in [0.5, 0.6) is 0 Å². The largest absolute Gasteiger partial charge is 0.467 e. The summed E-state index contributed by atoms with van der Waals surface area (Å²) in [5.41, 5.74) is 0.938. The van der Waals surface area contributed by atoms with Gasteiger partial charge in [-0.1, -0.05) is 52.9 Å². The molecule has 2 fully saturated rings. The van der Waals surface area contributed by atoms with Gasteiger partial charge >= 0.3 is 12.1 Å². The van der Waals surface area contributed by atoms with Crippen LogP contribution in [0.3, 0.4) is 0 Å². The van der Waals surface area contributed by atoms with Crippen molar-refractivity contribution in [1.29, 1.82) is 0 Å². The molecule has 1 amide bonds. The predicted octanol–water partition coefficient (Wildman–Crippen LogP) is 4.04. The highest BCUT2D eigenvalue weighted by atomic mass is 127. The average Bonchev–Trinajstić information content (AvgIpc) is 2.70. The number of hydrogen-bond acceptors (Lipinski definition) is 4. The number of alkyl halides is 1. The van der Waals surface area contributed by atoms with Crippen molar-refractivity contribution >= 4 is 34.7 Å². The molecule has 0 aromatic heterocycles. The summed E-state index contributed by atoms with van der Waals surface area (Å²) in [6.07, 6.45) is 3.74.